The molecule has 1 atom stereocenters. The first-order chi connectivity index (χ1) is 15.3. The van der Waals surface area contributed by atoms with E-state index in [1.807, 2.05) is 29.1 Å². The average Bonchev–Trinajstić information content (AvgIpc) is 3.03. The Hall–Kier alpha value is -3.36. The maximum atomic E-state index is 12.5. The Kier molecular flexibility index (Phi) is 5.56. The van der Waals surface area contributed by atoms with Crippen molar-refractivity contribution in [2.75, 3.05) is 31.1 Å². The highest BCUT2D eigenvalue weighted by Crippen LogP contribution is 2.31. The molecule has 0 spiro atoms. The van der Waals surface area contributed by atoms with Crippen LogP contribution >= 0.6 is 0 Å². The summed E-state index contributed by atoms with van der Waals surface area (Å²) in [5.74, 6) is 2.00. The second-order valence-corrected chi connectivity index (χ2v) is 7.86. The van der Waals surface area contributed by atoms with Crippen molar-refractivity contribution in [2.24, 2.45) is 0 Å². The maximum Gasteiger partial charge on any atom is 0.264 e. The number of para-hydroxylation sites is 2. The summed E-state index contributed by atoms with van der Waals surface area (Å²) in [5.41, 5.74) is 0.787. The van der Waals surface area contributed by atoms with Gasteiger partial charge in [0, 0.05) is 19.6 Å². The highest BCUT2D eigenvalue weighted by Gasteiger charge is 2.27. The van der Waals surface area contributed by atoms with Crippen LogP contribution in [0.3, 0.4) is 0 Å². The van der Waals surface area contributed by atoms with E-state index in [4.69, 9.17) is 9.47 Å². The van der Waals surface area contributed by atoms with Gasteiger partial charge in [-0.25, -0.2) is 14.6 Å². The topological polar surface area (TPSA) is 94.4 Å². The Labute approximate surface area is 180 Å². The molecule has 0 bridgehead atoms. The molecule has 0 saturated carbocycles. The summed E-state index contributed by atoms with van der Waals surface area (Å²) < 4.78 is 13.2. The van der Waals surface area contributed by atoms with Crippen LogP contribution in [0.4, 0.5) is 5.82 Å². The largest absolute Gasteiger partial charge is 0.485 e. The van der Waals surface area contributed by atoms with Crippen LogP contribution in [0, 0.1) is 0 Å². The quantitative estimate of drug-likeness (QED) is 0.673. The molecule has 1 amide bonds. The molecule has 1 fully saturated rings. The highest BCUT2D eigenvalue weighted by atomic mass is 16.6. The van der Waals surface area contributed by atoms with Gasteiger partial charge >= 0.3 is 0 Å². The minimum Gasteiger partial charge on any atom is -0.485 e. The van der Waals surface area contributed by atoms with Gasteiger partial charge < -0.3 is 19.7 Å². The summed E-state index contributed by atoms with van der Waals surface area (Å²) in [6.07, 6.45) is 7.67. The predicted molar refractivity (Wildman–Crippen MR) is 115 cm³/mol. The molecule has 162 valence electrons. The molecule has 0 unspecified atom stereocenters. The maximum absolute atomic E-state index is 12.5. The molecule has 1 aromatic carbocycles. The van der Waals surface area contributed by atoms with Gasteiger partial charge in [0.1, 0.15) is 18.8 Å². The second kappa shape index (κ2) is 8.79. The van der Waals surface area contributed by atoms with E-state index in [0.717, 1.165) is 29.9 Å². The zero-order chi connectivity index (χ0) is 21.0. The molecule has 0 aliphatic carbocycles. The van der Waals surface area contributed by atoms with Gasteiger partial charge in [0.05, 0.1) is 18.1 Å². The van der Waals surface area contributed by atoms with Crippen LogP contribution in [0.25, 0.3) is 11.0 Å². The predicted octanol–water partition coefficient (Wildman–Crippen LogP) is 2.16. The normalized spacial score (nSPS) is 18.6. The van der Waals surface area contributed by atoms with Gasteiger partial charge in [-0.15, -0.1) is 0 Å². The van der Waals surface area contributed by atoms with Gasteiger partial charge in [-0.1, -0.05) is 25.0 Å². The van der Waals surface area contributed by atoms with Gasteiger partial charge in [-0.3, -0.25) is 4.79 Å². The molecule has 2 aliphatic heterocycles. The molecule has 9 heteroatoms. The van der Waals surface area contributed by atoms with Crippen molar-refractivity contribution in [1.29, 1.82) is 0 Å². The molecule has 2 aliphatic rings. The van der Waals surface area contributed by atoms with Gasteiger partial charge in [-0.2, -0.15) is 5.10 Å². The monoisotopic (exact) mass is 422 g/mol. The molecule has 2 aromatic heterocycles. The van der Waals surface area contributed by atoms with Crippen molar-refractivity contribution < 1.29 is 14.3 Å². The number of nitrogens with one attached hydrogen (secondary N) is 1. The number of aromatic nitrogens is 4. The van der Waals surface area contributed by atoms with Crippen molar-refractivity contribution in [1.82, 2.24) is 25.1 Å². The Morgan fingerprint density at radius 3 is 2.74 bits per heavy atom. The average molecular weight is 422 g/mol. The molecular weight excluding hydrogens is 396 g/mol. The van der Waals surface area contributed by atoms with E-state index in [1.165, 1.54) is 25.7 Å². The second-order valence-electron chi connectivity index (χ2n) is 7.86. The van der Waals surface area contributed by atoms with Crippen LogP contribution in [-0.4, -0.2) is 58.0 Å². The van der Waals surface area contributed by atoms with Crippen molar-refractivity contribution >= 4 is 22.8 Å². The number of ether oxygens (including phenoxy) is 2. The van der Waals surface area contributed by atoms with Crippen LogP contribution in [0.15, 0.2) is 36.8 Å². The number of nitrogens with zero attached hydrogens (tertiary/aromatic N) is 5. The molecule has 9 nitrogen and oxygen atoms in total. The number of hydrogen-bond acceptors (Lipinski definition) is 7. The van der Waals surface area contributed by atoms with E-state index in [2.05, 4.69) is 25.3 Å². The lowest BCUT2D eigenvalue weighted by Gasteiger charge is -2.25. The Balaban J connectivity index is 1.21. The summed E-state index contributed by atoms with van der Waals surface area (Å²) in [5, 5.41) is 8.36. The number of anilines is 1. The van der Waals surface area contributed by atoms with E-state index in [0.29, 0.717) is 24.6 Å². The number of hydrogen-bond donors (Lipinski definition) is 1. The summed E-state index contributed by atoms with van der Waals surface area (Å²) in [6, 6.07) is 7.35. The van der Waals surface area contributed by atoms with E-state index in [-0.39, 0.29) is 12.5 Å². The van der Waals surface area contributed by atoms with E-state index in [9.17, 15) is 4.79 Å². The fraction of sp³-hybridized carbons (Fsp3) is 0.455. The first-order valence-electron chi connectivity index (χ1n) is 10.9. The van der Waals surface area contributed by atoms with Gasteiger partial charge in [0.25, 0.3) is 5.91 Å². The van der Waals surface area contributed by atoms with Crippen LogP contribution < -0.4 is 19.7 Å². The lowest BCUT2D eigenvalue weighted by Crippen LogP contribution is -2.44. The van der Waals surface area contributed by atoms with Crippen molar-refractivity contribution in [3.05, 3.63) is 36.8 Å². The van der Waals surface area contributed by atoms with Crippen LogP contribution in [-0.2, 0) is 11.3 Å². The van der Waals surface area contributed by atoms with Crippen LogP contribution in [0.5, 0.6) is 11.5 Å². The fourth-order valence-electron chi connectivity index (χ4n) is 4.13. The van der Waals surface area contributed by atoms with Crippen LogP contribution in [0.2, 0.25) is 0 Å². The van der Waals surface area contributed by atoms with E-state index < -0.39 is 6.10 Å². The van der Waals surface area contributed by atoms with Gasteiger partial charge in [0.2, 0.25) is 6.10 Å². The van der Waals surface area contributed by atoms with Crippen molar-refractivity contribution in [2.45, 2.75) is 38.3 Å². The molecule has 3 aromatic rings. The molecule has 5 rings (SSSR count). The molecule has 4 heterocycles. The molecular formula is C22H26N6O3. The zero-order valence-electron chi connectivity index (χ0n) is 17.4. The fourth-order valence-corrected chi connectivity index (χ4v) is 4.13. The zero-order valence-corrected chi connectivity index (χ0v) is 17.4. The number of carbonyl (C=O) groups is 1. The Morgan fingerprint density at radius 1 is 1.10 bits per heavy atom. The van der Waals surface area contributed by atoms with Crippen LogP contribution in [0.1, 0.15) is 25.7 Å². The molecule has 1 N–H and O–H groups in total. The number of benzene rings is 1. The summed E-state index contributed by atoms with van der Waals surface area (Å²) in [6.45, 7) is 3.15. The van der Waals surface area contributed by atoms with Crippen molar-refractivity contribution in [3.8, 4) is 11.5 Å². The van der Waals surface area contributed by atoms with Gasteiger partial charge in [0.15, 0.2) is 17.1 Å². The smallest absolute Gasteiger partial charge is 0.264 e. The van der Waals surface area contributed by atoms with Gasteiger partial charge in [-0.05, 0) is 25.0 Å². The third-order valence-corrected chi connectivity index (χ3v) is 5.74. The summed E-state index contributed by atoms with van der Waals surface area (Å²) >= 11 is 0. The van der Waals surface area contributed by atoms with Crippen molar-refractivity contribution in [3.63, 3.8) is 0 Å². The van der Waals surface area contributed by atoms with E-state index >= 15 is 0 Å². The first kappa shape index (κ1) is 19.6. The number of amides is 1. The summed E-state index contributed by atoms with van der Waals surface area (Å²) in [4.78, 5) is 23.8. The number of carbonyl (C=O) groups excluding carboxylic acids is 1. The molecule has 1 saturated heterocycles. The third-order valence-electron chi connectivity index (χ3n) is 5.74. The first-order valence-corrected chi connectivity index (χ1v) is 10.9. The lowest BCUT2D eigenvalue weighted by atomic mass is 10.2. The Morgan fingerprint density at radius 2 is 1.90 bits per heavy atom. The lowest BCUT2D eigenvalue weighted by molar-refractivity contribution is -0.130. The molecule has 31 heavy (non-hydrogen) atoms. The standard InChI is InChI=1S/C22H26N6O3/c29-22(19-14-30-17-7-3-4-8-18(17)31-19)23-9-12-28-21-16(13-26-28)20(24-15-25-21)27-10-5-1-2-6-11-27/h3-4,7-8,13,15,19H,1-2,5-6,9-12,14H2,(H,23,29)/t19-/m0/s1. The Bertz CT molecular complexity index is 1060. The summed E-state index contributed by atoms with van der Waals surface area (Å²) in [7, 11) is 0. The van der Waals surface area contributed by atoms with E-state index in [1.54, 1.807) is 12.4 Å². The molecule has 0 radical (unpaired) electrons. The minimum atomic E-state index is -0.666. The number of rotatable bonds is 5. The number of fused-ring (bicyclic) bond motifs is 2. The SMILES string of the molecule is O=C(NCCn1ncc2c(N3CCCCCC3)ncnc21)[C@@H]1COc2ccccc2O1. The highest BCUT2D eigenvalue weighted by molar-refractivity contribution is 5.86. The minimum absolute atomic E-state index is 0.194. The third kappa shape index (κ3) is 4.12.